The number of rotatable bonds is 7. The van der Waals surface area contributed by atoms with Gasteiger partial charge in [0.2, 0.25) is 0 Å². The topological polar surface area (TPSA) is 52.8 Å². The molecule has 0 saturated carbocycles. The van der Waals surface area contributed by atoms with E-state index in [1.165, 1.54) is 42.5 Å². The van der Waals surface area contributed by atoms with Crippen LogP contribution in [0, 0.1) is 12.7 Å². The predicted molar refractivity (Wildman–Crippen MR) is 152 cm³/mol. The van der Waals surface area contributed by atoms with Crippen molar-refractivity contribution in [2.24, 2.45) is 5.16 Å². The van der Waals surface area contributed by atoms with Gasteiger partial charge in [0.05, 0.1) is 22.2 Å². The zero-order valence-electron chi connectivity index (χ0n) is 23.1. The number of ether oxygens (including phenoxy) is 1. The third-order valence-corrected chi connectivity index (χ3v) is 8.33. The number of fused-ring (bicyclic) bond motifs is 1. The molecule has 13 heteroatoms. The molecule has 230 valence electrons. The van der Waals surface area contributed by atoms with E-state index in [-0.39, 0.29) is 28.0 Å². The minimum Gasteiger partial charge on any atom is -0.406 e. The first-order valence-electron chi connectivity index (χ1n) is 13.1. The standard InChI is InChI=1S/C31H23F7N2O3S/c1-17-21(15-22-23(30(33,34)35)12-7-13-24(22)32)29-40(25(16-44-29)27(39-42-2)18-8-4-3-5-9-18)28(41)26(17)19-10-6-11-20(14-19)43-31(36,37)38/h3-14,25H,15-16H2,1-2H3. The van der Waals surface area contributed by atoms with Crippen LogP contribution in [-0.2, 0) is 17.4 Å². The Labute approximate surface area is 250 Å². The fraction of sp³-hybridized carbons (Fsp3) is 0.226. The number of nitrogens with zero attached hydrogens (tertiary/aromatic N) is 2. The van der Waals surface area contributed by atoms with E-state index in [4.69, 9.17) is 4.84 Å². The highest BCUT2D eigenvalue weighted by molar-refractivity contribution is 7.99. The third kappa shape index (κ3) is 6.19. The number of hydrogen-bond donors (Lipinski definition) is 0. The number of thioether (sulfide) groups is 1. The molecule has 44 heavy (non-hydrogen) atoms. The average Bonchev–Trinajstić information content (AvgIpc) is 3.39. The maximum absolute atomic E-state index is 15.1. The number of oxime groups is 1. The molecule has 0 bridgehead atoms. The summed E-state index contributed by atoms with van der Waals surface area (Å²) in [6, 6.07) is 15.4. The highest BCUT2D eigenvalue weighted by atomic mass is 32.2. The van der Waals surface area contributed by atoms with Crippen molar-refractivity contribution in [2.75, 3.05) is 12.9 Å². The van der Waals surface area contributed by atoms with E-state index in [0.29, 0.717) is 16.3 Å². The number of pyridine rings is 1. The molecule has 0 spiro atoms. The van der Waals surface area contributed by atoms with Gasteiger partial charge in [-0.3, -0.25) is 9.36 Å². The molecule has 1 aromatic heterocycles. The van der Waals surface area contributed by atoms with Crippen LogP contribution in [0.25, 0.3) is 11.1 Å². The molecule has 5 rings (SSSR count). The van der Waals surface area contributed by atoms with Gasteiger partial charge in [-0.1, -0.05) is 53.7 Å². The number of aromatic nitrogens is 1. The molecule has 2 heterocycles. The molecular weight excluding hydrogens is 613 g/mol. The molecule has 4 aromatic rings. The van der Waals surface area contributed by atoms with Crippen molar-refractivity contribution in [2.45, 2.75) is 37.0 Å². The minimum absolute atomic E-state index is 0.0379. The van der Waals surface area contributed by atoms with Gasteiger partial charge >= 0.3 is 12.5 Å². The van der Waals surface area contributed by atoms with Gasteiger partial charge in [-0.2, -0.15) is 13.2 Å². The summed E-state index contributed by atoms with van der Waals surface area (Å²) in [6.07, 6.45) is -10.4. The zero-order chi connectivity index (χ0) is 31.8. The smallest absolute Gasteiger partial charge is 0.406 e. The fourth-order valence-electron chi connectivity index (χ4n) is 5.29. The maximum atomic E-state index is 15.1. The van der Waals surface area contributed by atoms with Crippen LogP contribution >= 0.6 is 11.8 Å². The van der Waals surface area contributed by atoms with Crippen LogP contribution in [0.4, 0.5) is 30.7 Å². The largest absolute Gasteiger partial charge is 0.573 e. The Hall–Kier alpha value is -4.26. The Morgan fingerprint density at radius 3 is 2.34 bits per heavy atom. The lowest BCUT2D eigenvalue weighted by atomic mass is 9.92. The zero-order valence-corrected chi connectivity index (χ0v) is 23.9. The van der Waals surface area contributed by atoms with Crippen molar-refractivity contribution in [3.8, 4) is 16.9 Å². The van der Waals surface area contributed by atoms with E-state index in [1.807, 2.05) is 0 Å². The molecular formula is C31H23F7N2O3S. The van der Waals surface area contributed by atoms with E-state index in [1.54, 1.807) is 30.3 Å². The first kappa shape index (κ1) is 31.2. The lowest BCUT2D eigenvalue weighted by Crippen LogP contribution is -2.32. The number of benzene rings is 3. The van der Waals surface area contributed by atoms with Crippen molar-refractivity contribution in [1.82, 2.24) is 4.57 Å². The van der Waals surface area contributed by atoms with Crippen LogP contribution in [0.15, 0.2) is 87.8 Å². The molecule has 0 amide bonds. The third-order valence-electron chi connectivity index (χ3n) is 7.14. The van der Waals surface area contributed by atoms with Gasteiger partial charge in [-0.05, 0) is 47.9 Å². The molecule has 0 N–H and O–H groups in total. The van der Waals surface area contributed by atoms with Crippen LogP contribution in [0.2, 0.25) is 0 Å². The summed E-state index contributed by atoms with van der Waals surface area (Å²) in [4.78, 5) is 19.4. The van der Waals surface area contributed by atoms with E-state index in [9.17, 15) is 31.1 Å². The molecule has 0 fully saturated rings. The molecule has 1 aliphatic heterocycles. The Bertz CT molecular complexity index is 1780. The maximum Gasteiger partial charge on any atom is 0.573 e. The second-order valence-electron chi connectivity index (χ2n) is 9.83. The van der Waals surface area contributed by atoms with Gasteiger partial charge in [-0.15, -0.1) is 24.9 Å². The molecule has 0 saturated heterocycles. The summed E-state index contributed by atoms with van der Waals surface area (Å²) in [5.74, 6) is -1.45. The second kappa shape index (κ2) is 12.0. The average molecular weight is 637 g/mol. The Kier molecular flexibility index (Phi) is 8.52. The number of alkyl halides is 6. The Morgan fingerprint density at radius 2 is 1.68 bits per heavy atom. The lowest BCUT2D eigenvalue weighted by molar-refractivity contribution is -0.274. The summed E-state index contributed by atoms with van der Waals surface area (Å²) in [5, 5.41) is 4.45. The van der Waals surface area contributed by atoms with E-state index < -0.39 is 53.3 Å². The van der Waals surface area contributed by atoms with Crippen LogP contribution in [0.3, 0.4) is 0 Å². The normalized spacial score (nSPS) is 15.3. The highest BCUT2D eigenvalue weighted by Gasteiger charge is 2.38. The predicted octanol–water partition coefficient (Wildman–Crippen LogP) is 8.17. The van der Waals surface area contributed by atoms with Crippen LogP contribution in [-0.4, -0.2) is 29.5 Å². The molecule has 3 aromatic carbocycles. The first-order chi connectivity index (χ1) is 20.8. The van der Waals surface area contributed by atoms with Crippen molar-refractivity contribution >= 4 is 17.5 Å². The van der Waals surface area contributed by atoms with Gasteiger partial charge in [0, 0.05) is 23.3 Å². The molecule has 5 nitrogen and oxygen atoms in total. The van der Waals surface area contributed by atoms with Crippen LogP contribution < -0.4 is 10.3 Å². The summed E-state index contributed by atoms with van der Waals surface area (Å²) in [6.45, 7) is 1.48. The summed E-state index contributed by atoms with van der Waals surface area (Å²) < 4.78 is 101. The quantitative estimate of drug-likeness (QED) is 0.117. The van der Waals surface area contributed by atoms with Gasteiger partial charge in [0.25, 0.3) is 5.56 Å². The monoisotopic (exact) mass is 636 g/mol. The number of hydrogen-bond acceptors (Lipinski definition) is 5. The number of halogens is 7. The van der Waals surface area contributed by atoms with Crippen molar-refractivity contribution in [1.29, 1.82) is 0 Å². The van der Waals surface area contributed by atoms with Gasteiger partial charge < -0.3 is 9.57 Å². The summed E-state index contributed by atoms with van der Waals surface area (Å²) >= 11 is 1.18. The summed E-state index contributed by atoms with van der Waals surface area (Å²) in [5.41, 5.74) is -1.08. The van der Waals surface area contributed by atoms with E-state index in [2.05, 4.69) is 9.89 Å². The van der Waals surface area contributed by atoms with Gasteiger partial charge in [0.1, 0.15) is 24.4 Å². The van der Waals surface area contributed by atoms with E-state index >= 15 is 4.39 Å². The Balaban J connectivity index is 1.78. The summed E-state index contributed by atoms with van der Waals surface area (Å²) in [7, 11) is 1.32. The van der Waals surface area contributed by atoms with Gasteiger partial charge in [-0.25, -0.2) is 4.39 Å². The van der Waals surface area contributed by atoms with E-state index in [0.717, 1.165) is 30.3 Å². The van der Waals surface area contributed by atoms with Crippen LogP contribution in [0.5, 0.6) is 5.75 Å². The molecule has 0 aliphatic carbocycles. The van der Waals surface area contributed by atoms with Crippen LogP contribution in [0.1, 0.15) is 33.9 Å². The molecule has 1 aliphatic rings. The first-order valence-corrected chi connectivity index (χ1v) is 14.1. The Morgan fingerprint density at radius 1 is 0.977 bits per heavy atom. The highest BCUT2D eigenvalue weighted by Crippen LogP contribution is 2.43. The molecule has 1 unspecified atom stereocenters. The van der Waals surface area contributed by atoms with Crippen molar-refractivity contribution in [3.63, 3.8) is 0 Å². The molecule has 1 atom stereocenters. The molecule has 0 radical (unpaired) electrons. The fourth-order valence-corrected chi connectivity index (χ4v) is 6.67. The lowest BCUT2D eigenvalue weighted by Gasteiger charge is -2.22. The van der Waals surface area contributed by atoms with Crippen molar-refractivity contribution < 1.29 is 40.3 Å². The van der Waals surface area contributed by atoms with Gasteiger partial charge in [0.15, 0.2) is 0 Å². The SMILES string of the molecule is CON=C(c1ccccc1)C1CSc2c(Cc3c(F)cccc3C(F)(F)F)c(C)c(-c3cccc(OC(F)(F)F)c3)c(=O)n21. The minimum atomic E-state index is -5.01. The second-order valence-corrected chi connectivity index (χ2v) is 10.8. The van der Waals surface area contributed by atoms with Crippen molar-refractivity contribution in [3.05, 3.63) is 117 Å².